The maximum Gasteiger partial charge on any atom is 0.125 e. The molecule has 1 aliphatic rings. The van der Waals surface area contributed by atoms with Gasteiger partial charge in [-0.25, -0.2) is 0 Å². The molecule has 0 saturated heterocycles. The third kappa shape index (κ3) is 3.26. The smallest absolute Gasteiger partial charge is 0.125 e. The van der Waals surface area contributed by atoms with E-state index >= 15 is 0 Å². The Hall–Kier alpha value is -1.02. The fourth-order valence-electron chi connectivity index (χ4n) is 2.90. The van der Waals surface area contributed by atoms with Crippen molar-refractivity contribution in [1.29, 1.82) is 0 Å². The summed E-state index contributed by atoms with van der Waals surface area (Å²) in [4.78, 5) is 0. The summed E-state index contributed by atoms with van der Waals surface area (Å²) in [6, 6.07) is 6.44. The Kier molecular flexibility index (Phi) is 4.65. The highest BCUT2D eigenvalue weighted by atomic mass is 16.5. The van der Waals surface area contributed by atoms with E-state index in [9.17, 15) is 0 Å². The quantitative estimate of drug-likeness (QED) is 0.882. The summed E-state index contributed by atoms with van der Waals surface area (Å²) in [6.07, 6.45) is 6.60. The second kappa shape index (κ2) is 6.24. The predicted octanol–water partition coefficient (Wildman–Crippen LogP) is 3.59. The third-order valence-electron chi connectivity index (χ3n) is 4.08. The van der Waals surface area contributed by atoms with Crippen molar-refractivity contribution in [3.8, 4) is 5.75 Å². The molecule has 2 rings (SSSR count). The molecule has 1 aromatic carbocycles. The Balaban J connectivity index is 1.90. The van der Waals surface area contributed by atoms with Gasteiger partial charge in [-0.3, -0.25) is 0 Å². The van der Waals surface area contributed by atoms with Gasteiger partial charge in [-0.05, 0) is 43.7 Å². The lowest BCUT2D eigenvalue weighted by molar-refractivity contribution is 0.212. The van der Waals surface area contributed by atoms with Crippen LogP contribution in [0.3, 0.4) is 0 Å². The van der Waals surface area contributed by atoms with Crippen molar-refractivity contribution >= 4 is 0 Å². The average Bonchev–Trinajstić information content (AvgIpc) is 2.39. The SMILES string of the molecule is Cc1cccc(C)c1OCC(N)C1CCCCC1. The van der Waals surface area contributed by atoms with Crippen LogP contribution in [0.4, 0.5) is 0 Å². The van der Waals surface area contributed by atoms with E-state index in [0.29, 0.717) is 12.5 Å². The van der Waals surface area contributed by atoms with E-state index in [0.717, 1.165) is 5.75 Å². The van der Waals surface area contributed by atoms with Crippen molar-refractivity contribution in [2.24, 2.45) is 11.7 Å². The molecule has 0 amide bonds. The van der Waals surface area contributed by atoms with Gasteiger partial charge in [0, 0.05) is 6.04 Å². The predicted molar refractivity (Wildman–Crippen MR) is 76.0 cm³/mol. The summed E-state index contributed by atoms with van der Waals surface area (Å²) >= 11 is 0. The summed E-state index contributed by atoms with van der Waals surface area (Å²) in [5, 5.41) is 0. The van der Waals surface area contributed by atoms with Crippen LogP contribution in [-0.4, -0.2) is 12.6 Å². The van der Waals surface area contributed by atoms with E-state index in [4.69, 9.17) is 10.5 Å². The molecule has 2 nitrogen and oxygen atoms in total. The number of benzene rings is 1. The van der Waals surface area contributed by atoms with Crippen LogP contribution in [0, 0.1) is 19.8 Å². The fraction of sp³-hybridized carbons (Fsp3) is 0.625. The zero-order valence-corrected chi connectivity index (χ0v) is 11.6. The molecule has 1 fully saturated rings. The molecule has 18 heavy (non-hydrogen) atoms. The van der Waals surface area contributed by atoms with Crippen molar-refractivity contribution < 1.29 is 4.74 Å². The molecule has 0 aliphatic heterocycles. The second-order valence-electron chi connectivity index (χ2n) is 5.59. The van der Waals surface area contributed by atoms with Crippen molar-refractivity contribution in [3.63, 3.8) is 0 Å². The minimum absolute atomic E-state index is 0.185. The summed E-state index contributed by atoms with van der Waals surface area (Å²) in [5.41, 5.74) is 8.67. The molecular weight excluding hydrogens is 222 g/mol. The van der Waals surface area contributed by atoms with Gasteiger partial charge in [0.1, 0.15) is 12.4 Å². The Labute approximate surface area is 111 Å². The van der Waals surface area contributed by atoms with Crippen LogP contribution in [0.5, 0.6) is 5.75 Å². The third-order valence-corrected chi connectivity index (χ3v) is 4.08. The molecule has 1 atom stereocenters. The van der Waals surface area contributed by atoms with Crippen LogP contribution >= 0.6 is 0 Å². The lowest BCUT2D eigenvalue weighted by Crippen LogP contribution is -2.37. The Morgan fingerprint density at radius 1 is 1.17 bits per heavy atom. The molecule has 0 aromatic heterocycles. The summed E-state index contributed by atoms with van der Waals surface area (Å²) in [5.74, 6) is 1.67. The molecule has 1 aromatic rings. The molecule has 1 aliphatic carbocycles. The molecule has 1 unspecified atom stereocenters. The van der Waals surface area contributed by atoms with Crippen LogP contribution in [0.25, 0.3) is 0 Å². The van der Waals surface area contributed by atoms with E-state index < -0.39 is 0 Å². The van der Waals surface area contributed by atoms with Crippen molar-refractivity contribution in [1.82, 2.24) is 0 Å². The number of hydrogen-bond acceptors (Lipinski definition) is 2. The van der Waals surface area contributed by atoms with Gasteiger partial charge >= 0.3 is 0 Å². The highest BCUT2D eigenvalue weighted by Crippen LogP contribution is 2.27. The van der Waals surface area contributed by atoms with Gasteiger partial charge in [-0.2, -0.15) is 0 Å². The normalized spacial score (nSPS) is 18.6. The standard InChI is InChI=1S/C16H25NO/c1-12-7-6-8-13(2)16(12)18-11-15(17)14-9-4-3-5-10-14/h6-8,14-15H,3-5,9-11,17H2,1-2H3. The Morgan fingerprint density at radius 3 is 2.39 bits per heavy atom. The van der Waals surface area contributed by atoms with Gasteiger partial charge in [0.2, 0.25) is 0 Å². The summed E-state index contributed by atoms with van der Waals surface area (Å²) in [7, 11) is 0. The van der Waals surface area contributed by atoms with Gasteiger partial charge in [0.15, 0.2) is 0 Å². The highest BCUT2D eigenvalue weighted by Gasteiger charge is 2.21. The van der Waals surface area contributed by atoms with Gasteiger partial charge < -0.3 is 10.5 Å². The maximum absolute atomic E-state index is 6.27. The fourth-order valence-corrected chi connectivity index (χ4v) is 2.90. The zero-order valence-electron chi connectivity index (χ0n) is 11.6. The van der Waals surface area contributed by atoms with E-state index in [1.165, 1.54) is 43.2 Å². The Morgan fingerprint density at radius 2 is 1.78 bits per heavy atom. The molecule has 1 saturated carbocycles. The number of aryl methyl sites for hydroxylation is 2. The summed E-state index contributed by atoms with van der Waals surface area (Å²) < 4.78 is 5.96. The van der Waals surface area contributed by atoms with Crippen molar-refractivity contribution in [3.05, 3.63) is 29.3 Å². The first-order chi connectivity index (χ1) is 8.68. The number of rotatable bonds is 4. The lowest BCUT2D eigenvalue weighted by Gasteiger charge is -2.27. The number of hydrogen-bond donors (Lipinski definition) is 1. The zero-order chi connectivity index (χ0) is 13.0. The molecule has 0 radical (unpaired) electrons. The first kappa shape index (κ1) is 13.4. The molecular formula is C16H25NO. The highest BCUT2D eigenvalue weighted by molar-refractivity contribution is 5.39. The molecule has 2 N–H and O–H groups in total. The minimum atomic E-state index is 0.185. The van der Waals surface area contributed by atoms with Crippen LogP contribution in [0.1, 0.15) is 43.2 Å². The van der Waals surface area contributed by atoms with E-state index in [1.807, 2.05) is 0 Å². The maximum atomic E-state index is 6.27. The Bertz CT molecular complexity index is 362. The van der Waals surface area contributed by atoms with Crippen LogP contribution in [0.2, 0.25) is 0 Å². The van der Waals surface area contributed by atoms with Crippen LogP contribution in [-0.2, 0) is 0 Å². The number of para-hydroxylation sites is 1. The van der Waals surface area contributed by atoms with E-state index in [1.54, 1.807) is 0 Å². The minimum Gasteiger partial charge on any atom is -0.491 e. The molecule has 100 valence electrons. The van der Waals surface area contributed by atoms with Crippen molar-refractivity contribution in [2.45, 2.75) is 52.0 Å². The van der Waals surface area contributed by atoms with Crippen LogP contribution < -0.4 is 10.5 Å². The van der Waals surface area contributed by atoms with Gasteiger partial charge in [0.05, 0.1) is 0 Å². The van der Waals surface area contributed by atoms with E-state index in [-0.39, 0.29) is 6.04 Å². The average molecular weight is 247 g/mol. The summed E-state index contributed by atoms with van der Waals surface area (Å²) in [6.45, 7) is 4.83. The van der Waals surface area contributed by atoms with Gasteiger partial charge in [0.25, 0.3) is 0 Å². The number of nitrogens with two attached hydrogens (primary N) is 1. The second-order valence-corrected chi connectivity index (χ2v) is 5.59. The largest absolute Gasteiger partial charge is 0.491 e. The molecule has 0 bridgehead atoms. The van der Waals surface area contributed by atoms with Gasteiger partial charge in [-0.1, -0.05) is 37.5 Å². The van der Waals surface area contributed by atoms with E-state index in [2.05, 4.69) is 32.0 Å². The monoisotopic (exact) mass is 247 g/mol. The van der Waals surface area contributed by atoms with Crippen LogP contribution in [0.15, 0.2) is 18.2 Å². The number of ether oxygens (including phenoxy) is 1. The first-order valence-electron chi connectivity index (χ1n) is 7.13. The van der Waals surface area contributed by atoms with Crippen molar-refractivity contribution in [2.75, 3.05) is 6.61 Å². The molecule has 0 heterocycles. The first-order valence-corrected chi connectivity index (χ1v) is 7.13. The topological polar surface area (TPSA) is 35.2 Å². The lowest BCUT2D eigenvalue weighted by atomic mass is 9.84. The molecule has 0 spiro atoms. The molecule has 2 heteroatoms. The van der Waals surface area contributed by atoms with Gasteiger partial charge in [-0.15, -0.1) is 0 Å².